The van der Waals surface area contributed by atoms with Crippen molar-refractivity contribution in [2.24, 2.45) is 0 Å². The molecule has 1 aliphatic rings. The van der Waals surface area contributed by atoms with Crippen molar-refractivity contribution in [3.05, 3.63) is 64.7 Å². The van der Waals surface area contributed by atoms with Crippen molar-refractivity contribution < 1.29 is 35.5 Å². The maximum atomic E-state index is 14.8. The molecule has 0 saturated carbocycles. The molecule has 0 unspecified atom stereocenters. The molecule has 0 saturated heterocycles. The number of benzene rings is 2. The third kappa shape index (κ3) is 11.0. The van der Waals surface area contributed by atoms with Crippen molar-refractivity contribution in [2.75, 3.05) is 31.6 Å². The van der Waals surface area contributed by atoms with Crippen LogP contribution in [0.1, 0.15) is 87.3 Å². The van der Waals surface area contributed by atoms with Gasteiger partial charge in [-0.15, -0.1) is 0 Å². The summed E-state index contributed by atoms with van der Waals surface area (Å²) in [5, 5.41) is 9.95. The van der Waals surface area contributed by atoms with Gasteiger partial charge in [-0.3, -0.25) is 0 Å². The Balaban J connectivity index is 1.46. The summed E-state index contributed by atoms with van der Waals surface area (Å²) in [5.74, 6) is -1.44. The fraction of sp³-hybridized carbons (Fsp3) is 0.562. The number of sulfone groups is 1. The predicted molar refractivity (Wildman–Crippen MR) is 158 cm³/mol. The van der Waals surface area contributed by atoms with Crippen LogP contribution in [0, 0.1) is 11.6 Å². The number of rotatable bonds is 16. The van der Waals surface area contributed by atoms with Gasteiger partial charge in [0.1, 0.15) is 15.7 Å². The molecule has 3 rings (SSSR count). The van der Waals surface area contributed by atoms with Crippen molar-refractivity contribution >= 4 is 21.0 Å². The molecule has 0 radical (unpaired) electrons. The number of aromatic hydroxyl groups is 1. The lowest BCUT2D eigenvalue weighted by Gasteiger charge is -2.18. The van der Waals surface area contributed by atoms with Crippen molar-refractivity contribution in [3.8, 4) is 5.75 Å². The minimum atomic E-state index is -4.25. The number of alkyl halides is 3. The Bertz CT molecular complexity index is 1290. The van der Waals surface area contributed by atoms with E-state index in [1.165, 1.54) is 18.2 Å². The van der Waals surface area contributed by atoms with E-state index in [1.807, 2.05) is 7.05 Å². The summed E-state index contributed by atoms with van der Waals surface area (Å²) >= 11 is 0. The molecule has 0 spiro atoms. The van der Waals surface area contributed by atoms with E-state index in [9.17, 15) is 35.5 Å². The Morgan fingerprint density at radius 1 is 0.833 bits per heavy atom. The van der Waals surface area contributed by atoms with Crippen LogP contribution in [0.15, 0.2) is 36.4 Å². The van der Waals surface area contributed by atoms with Crippen LogP contribution in [-0.2, 0) is 16.3 Å². The highest BCUT2D eigenvalue weighted by Gasteiger charge is 2.26. The van der Waals surface area contributed by atoms with Crippen LogP contribution in [0.25, 0.3) is 11.1 Å². The maximum Gasteiger partial charge on any atom is 0.389 e. The lowest BCUT2D eigenvalue weighted by atomic mass is 9.89. The fourth-order valence-corrected chi connectivity index (χ4v) is 7.02. The lowest BCUT2D eigenvalue weighted by Crippen LogP contribution is -2.23. The molecule has 234 valence electrons. The molecule has 0 aromatic heterocycles. The Morgan fingerprint density at radius 3 is 2.21 bits per heavy atom. The van der Waals surface area contributed by atoms with E-state index in [4.69, 9.17) is 0 Å². The molecule has 2 aromatic carbocycles. The molecular formula is C32H42F5NO3S. The second kappa shape index (κ2) is 15.8. The van der Waals surface area contributed by atoms with E-state index in [0.29, 0.717) is 24.9 Å². The zero-order chi connectivity index (χ0) is 30.8. The van der Waals surface area contributed by atoms with Crippen LogP contribution in [0.2, 0.25) is 0 Å². The fourth-order valence-electron chi connectivity index (χ4n) is 5.60. The highest BCUT2D eigenvalue weighted by molar-refractivity contribution is 7.91. The summed E-state index contributed by atoms with van der Waals surface area (Å²) in [6, 6.07) is 9.59. The molecule has 0 heterocycles. The largest absolute Gasteiger partial charge is 0.505 e. The average molecular weight is 616 g/mol. The molecule has 0 amide bonds. The van der Waals surface area contributed by atoms with E-state index in [-0.39, 0.29) is 35.9 Å². The molecule has 2 aromatic rings. The van der Waals surface area contributed by atoms with Gasteiger partial charge >= 0.3 is 6.18 Å². The third-order valence-corrected chi connectivity index (χ3v) is 9.66. The van der Waals surface area contributed by atoms with Crippen molar-refractivity contribution in [1.29, 1.82) is 0 Å². The number of hydrogen-bond donors (Lipinski definition) is 1. The van der Waals surface area contributed by atoms with E-state index < -0.39 is 28.3 Å². The molecule has 0 bridgehead atoms. The molecule has 4 nitrogen and oxygen atoms in total. The van der Waals surface area contributed by atoms with Gasteiger partial charge in [0.2, 0.25) is 0 Å². The quantitative estimate of drug-likeness (QED) is 0.152. The van der Waals surface area contributed by atoms with Crippen LogP contribution in [0.5, 0.6) is 5.75 Å². The summed E-state index contributed by atoms with van der Waals surface area (Å²) in [4.78, 5) is 2.07. The number of phenols is 1. The van der Waals surface area contributed by atoms with Crippen LogP contribution >= 0.6 is 0 Å². The van der Waals surface area contributed by atoms with Gasteiger partial charge in [-0.1, -0.05) is 31.0 Å². The first kappa shape index (κ1) is 34.0. The van der Waals surface area contributed by atoms with Crippen molar-refractivity contribution in [1.82, 2.24) is 4.90 Å². The maximum absolute atomic E-state index is 14.8. The topological polar surface area (TPSA) is 57.6 Å². The van der Waals surface area contributed by atoms with Crippen LogP contribution in [0.3, 0.4) is 0 Å². The normalized spacial score (nSPS) is 14.4. The number of unbranched alkanes of at least 4 members (excludes halogenated alkanes) is 4. The molecule has 1 N–H and O–H groups in total. The Morgan fingerprint density at radius 2 is 1.50 bits per heavy atom. The summed E-state index contributed by atoms with van der Waals surface area (Å²) in [6.45, 7) is 1.41. The third-order valence-electron chi connectivity index (χ3n) is 7.84. The number of nitrogens with zero attached hydrogens (tertiary/aromatic N) is 1. The van der Waals surface area contributed by atoms with Gasteiger partial charge in [-0.25, -0.2) is 17.2 Å². The zero-order valence-electron chi connectivity index (χ0n) is 24.3. The van der Waals surface area contributed by atoms with Crippen LogP contribution in [0.4, 0.5) is 22.0 Å². The highest BCUT2D eigenvalue weighted by Crippen LogP contribution is 2.41. The Labute approximate surface area is 246 Å². The second-order valence-corrected chi connectivity index (χ2v) is 13.6. The predicted octanol–water partition coefficient (Wildman–Crippen LogP) is 8.34. The van der Waals surface area contributed by atoms with Crippen LogP contribution in [-0.4, -0.2) is 56.2 Å². The molecular weight excluding hydrogens is 573 g/mol. The number of phenolic OH excluding ortho intramolecular Hbond substituents is 1. The van der Waals surface area contributed by atoms with Gasteiger partial charge in [0.25, 0.3) is 0 Å². The number of fused-ring (bicyclic) bond motifs is 1. The molecule has 0 fully saturated rings. The van der Waals surface area contributed by atoms with Gasteiger partial charge in [-0.05, 0) is 124 Å². The number of hydrogen-bond acceptors (Lipinski definition) is 4. The summed E-state index contributed by atoms with van der Waals surface area (Å²) in [7, 11) is -1.42. The average Bonchev–Trinajstić information content (AvgIpc) is 3.10. The van der Waals surface area contributed by atoms with Gasteiger partial charge in [0, 0.05) is 6.42 Å². The lowest BCUT2D eigenvalue weighted by molar-refractivity contribution is -0.135. The summed E-state index contributed by atoms with van der Waals surface area (Å²) in [5.41, 5.74) is 4.42. The smallest absolute Gasteiger partial charge is 0.389 e. The van der Waals surface area contributed by atoms with Gasteiger partial charge in [0.05, 0.1) is 11.5 Å². The molecule has 42 heavy (non-hydrogen) atoms. The van der Waals surface area contributed by atoms with Crippen LogP contribution < -0.4 is 0 Å². The Kier molecular flexibility index (Phi) is 12.8. The molecule has 1 aliphatic carbocycles. The van der Waals surface area contributed by atoms with Gasteiger partial charge in [-0.2, -0.15) is 13.2 Å². The minimum absolute atomic E-state index is 0.0191. The SMILES string of the molecule is CN(CCCCCCC1=C(c2ccc(F)cc2)CCCc2c1ccc(O)c2F)CCCS(=O)(=O)CCCCC(F)(F)F. The number of halogens is 5. The minimum Gasteiger partial charge on any atom is -0.505 e. The van der Waals surface area contributed by atoms with E-state index >= 15 is 0 Å². The second-order valence-electron chi connectivity index (χ2n) is 11.3. The first-order chi connectivity index (χ1) is 19.9. The van der Waals surface area contributed by atoms with Crippen molar-refractivity contribution in [3.63, 3.8) is 0 Å². The first-order valence-electron chi connectivity index (χ1n) is 14.8. The molecule has 0 aliphatic heterocycles. The summed E-state index contributed by atoms with van der Waals surface area (Å²) < 4.78 is 89.3. The zero-order valence-corrected chi connectivity index (χ0v) is 25.1. The molecule has 0 atom stereocenters. The monoisotopic (exact) mass is 615 g/mol. The first-order valence-corrected chi connectivity index (χ1v) is 16.6. The Hall–Kier alpha value is -2.46. The van der Waals surface area contributed by atoms with E-state index in [2.05, 4.69) is 4.90 Å². The van der Waals surface area contributed by atoms with Gasteiger partial charge < -0.3 is 10.0 Å². The summed E-state index contributed by atoms with van der Waals surface area (Å²) in [6.07, 6.45) is 1.59. The molecule has 10 heteroatoms. The highest BCUT2D eigenvalue weighted by atomic mass is 32.2. The van der Waals surface area contributed by atoms with E-state index in [0.717, 1.165) is 73.8 Å². The van der Waals surface area contributed by atoms with Gasteiger partial charge in [0.15, 0.2) is 11.6 Å². The van der Waals surface area contributed by atoms with Crippen molar-refractivity contribution in [2.45, 2.75) is 83.2 Å². The number of allylic oxidation sites excluding steroid dienone is 2. The standard InChI is InChI=1S/C32H42F5NO3S/c1-38(21-9-23-42(40,41)22-7-5-19-32(35,36)37)20-6-3-2-4-10-27-26(24-13-15-25(33)16-14-24)11-8-12-29-28(27)17-18-30(39)31(29)34/h13-18,39H,2-12,19-23H2,1H3. The van der Waals surface area contributed by atoms with E-state index in [1.54, 1.807) is 18.2 Å².